The number of methoxy groups -OCH3 is 1. The molecule has 16 heavy (non-hydrogen) atoms. The lowest BCUT2D eigenvalue weighted by Gasteiger charge is -2.26. The van der Waals surface area contributed by atoms with Crippen molar-refractivity contribution in [2.24, 2.45) is 11.7 Å². The second-order valence-corrected chi connectivity index (χ2v) is 4.37. The monoisotopic (exact) mass is 228 g/mol. The van der Waals surface area contributed by atoms with Crippen molar-refractivity contribution in [2.45, 2.75) is 44.7 Å². The number of esters is 1. The molecule has 5 nitrogen and oxygen atoms in total. The molecule has 0 aliphatic heterocycles. The lowest BCUT2D eigenvalue weighted by molar-refractivity contribution is -0.145. The van der Waals surface area contributed by atoms with Crippen molar-refractivity contribution in [3.8, 4) is 0 Å². The van der Waals surface area contributed by atoms with Gasteiger partial charge < -0.3 is 15.8 Å². The molecular formula is C11H20N2O3. The minimum atomic E-state index is -0.576. The molecule has 0 radical (unpaired) electrons. The summed E-state index contributed by atoms with van der Waals surface area (Å²) in [4.78, 5) is 22.9. The number of nitrogens with two attached hydrogens (primary N) is 1. The number of hydrogen-bond donors (Lipinski definition) is 2. The van der Waals surface area contributed by atoms with Crippen LogP contribution in [0.3, 0.4) is 0 Å². The Morgan fingerprint density at radius 2 is 1.88 bits per heavy atom. The van der Waals surface area contributed by atoms with E-state index in [1.807, 2.05) is 0 Å². The van der Waals surface area contributed by atoms with Crippen LogP contribution in [-0.4, -0.2) is 31.1 Å². The molecule has 0 bridgehead atoms. The summed E-state index contributed by atoms with van der Waals surface area (Å²) < 4.78 is 4.54. The summed E-state index contributed by atoms with van der Waals surface area (Å²) in [6, 6.07) is -0.352. The second-order valence-electron chi connectivity index (χ2n) is 4.37. The summed E-state index contributed by atoms with van der Waals surface area (Å²) in [6.45, 7) is 1.62. The molecule has 1 rings (SSSR count). The molecule has 92 valence electrons. The maximum Gasteiger partial charge on any atom is 0.328 e. The standard InChI is InChI=1S/C11H20N2O3/c1-7(11(15)16-2)13-10(14)8-3-5-9(12)6-4-8/h7-9H,3-6,12H2,1-2H3,(H,13,14)/t7-,8?,9?/m0/s1. The quantitative estimate of drug-likeness (QED) is 0.675. The molecule has 1 aliphatic rings. The SMILES string of the molecule is COC(=O)[C@H](C)NC(=O)C1CCC(N)CC1. The summed E-state index contributed by atoms with van der Waals surface area (Å²) in [5.74, 6) is -0.488. The summed E-state index contributed by atoms with van der Waals surface area (Å²) in [5, 5.41) is 2.66. The highest BCUT2D eigenvalue weighted by molar-refractivity contribution is 5.85. The lowest BCUT2D eigenvalue weighted by Crippen LogP contribution is -2.43. The van der Waals surface area contributed by atoms with Crippen LogP contribution < -0.4 is 11.1 Å². The van der Waals surface area contributed by atoms with Crippen LogP contribution in [0.15, 0.2) is 0 Å². The van der Waals surface area contributed by atoms with Crippen LogP contribution in [0.4, 0.5) is 0 Å². The highest BCUT2D eigenvalue weighted by Gasteiger charge is 2.26. The van der Waals surface area contributed by atoms with Gasteiger partial charge in [0, 0.05) is 12.0 Å². The average Bonchev–Trinajstić information content (AvgIpc) is 2.28. The Labute approximate surface area is 95.7 Å². The van der Waals surface area contributed by atoms with Gasteiger partial charge in [0.15, 0.2) is 0 Å². The van der Waals surface area contributed by atoms with E-state index in [-0.39, 0.29) is 17.9 Å². The van der Waals surface area contributed by atoms with Crippen LogP contribution in [-0.2, 0) is 14.3 Å². The molecular weight excluding hydrogens is 208 g/mol. The van der Waals surface area contributed by atoms with Gasteiger partial charge in [0.05, 0.1) is 7.11 Å². The molecule has 0 heterocycles. The molecule has 1 aliphatic carbocycles. The number of carbonyl (C=O) groups excluding carboxylic acids is 2. The normalized spacial score (nSPS) is 26.9. The van der Waals surface area contributed by atoms with Crippen molar-refractivity contribution in [1.29, 1.82) is 0 Å². The Morgan fingerprint density at radius 1 is 1.31 bits per heavy atom. The summed E-state index contributed by atoms with van der Waals surface area (Å²) in [5.41, 5.74) is 5.76. The largest absolute Gasteiger partial charge is 0.467 e. The predicted molar refractivity (Wildman–Crippen MR) is 59.6 cm³/mol. The van der Waals surface area contributed by atoms with E-state index < -0.39 is 12.0 Å². The topological polar surface area (TPSA) is 81.4 Å². The van der Waals surface area contributed by atoms with E-state index in [4.69, 9.17) is 5.73 Å². The van der Waals surface area contributed by atoms with E-state index >= 15 is 0 Å². The Balaban J connectivity index is 2.37. The number of amides is 1. The van der Waals surface area contributed by atoms with Crippen LogP contribution in [0.25, 0.3) is 0 Å². The van der Waals surface area contributed by atoms with Crippen molar-refractivity contribution in [3.63, 3.8) is 0 Å². The van der Waals surface area contributed by atoms with E-state index in [0.29, 0.717) is 0 Å². The molecule has 1 fully saturated rings. The summed E-state index contributed by atoms with van der Waals surface area (Å²) in [6.07, 6.45) is 3.37. The Hall–Kier alpha value is -1.10. The molecule has 0 aromatic rings. The first-order valence-corrected chi connectivity index (χ1v) is 5.68. The van der Waals surface area contributed by atoms with Gasteiger partial charge in [-0.2, -0.15) is 0 Å². The third kappa shape index (κ3) is 3.48. The van der Waals surface area contributed by atoms with Crippen molar-refractivity contribution in [2.75, 3.05) is 7.11 Å². The van der Waals surface area contributed by atoms with Crippen LogP contribution >= 0.6 is 0 Å². The van der Waals surface area contributed by atoms with Crippen molar-refractivity contribution >= 4 is 11.9 Å². The average molecular weight is 228 g/mol. The minimum Gasteiger partial charge on any atom is -0.467 e. The molecule has 0 unspecified atom stereocenters. The second kappa shape index (κ2) is 5.84. The third-order valence-corrected chi connectivity index (χ3v) is 3.06. The van der Waals surface area contributed by atoms with Crippen molar-refractivity contribution < 1.29 is 14.3 Å². The first-order chi connectivity index (χ1) is 7.54. The van der Waals surface area contributed by atoms with Gasteiger partial charge in [0.1, 0.15) is 6.04 Å². The van der Waals surface area contributed by atoms with E-state index in [9.17, 15) is 9.59 Å². The number of hydrogen-bond acceptors (Lipinski definition) is 4. The zero-order valence-electron chi connectivity index (χ0n) is 9.86. The molecule has 1 saturated carbocycles. The number of carbonyl (C=O) groups is 2. The maximum absolute atomic E-state index is 11.8. The molecule has 5 heteroatoms. The molecule has 1 atom stereocenters. The van der Waals surface area contributed by atoms with Gasteiger partial charge >= 0.3 is 5.97 Å². The van der Waals surface area contributed by atoms with E-state index in [1.165, 1.54) is 7.11 Å². The predicted octanol–water partition coefficient (Wildman–Crippen LogP) is 0.182. The molecule has 3 N–H and O–H groups in total. The van der Waals surface area contributed by atoms with Gasteiger partial charge in [-0.15, -0.1) is 0 Å². The fraction of sp³-hybridized carbons (Fsp3) is 0.818. The van der Waals surface area contributed by atoms with Crippen molar-refractivity contribution in [3.05, 3.63) is 0 Å². The molecule has 0 saturated heterocycles. The van der Waals surface area contributed by atoms with Gasteiger partial charge in [-0.05, 0) is 32.6 Å². The lowest BCUT2D eigenvalue weighted by atomic mass is 9.86. The van der Waals surface area contributed by atoms with Crippen molar-refractivity contribution in [1.82, 2.24) is 5.32 Å². The van der Waals surface area contributed by atoms with E-state index in [2.05, 4.69) is 10.1 Å². The smallest absolute Gasteiger partial charge is 0.328 e. The maximum atomic E-state index is 11.8. The molecule has 0 aromatic heterocycles. The Morgan fingerprint density at radius 3 is 2.38 bits per heavy atom. The first-order valence-electron chi connectivity index (χ1n) is 5.68. The highest BCUT2D eigenvalue weighted by Crippen LogP contribution is 2.23. The van der Waals surface area contributed by atoms with E-state index in [0.717, 1.165) is 25.7 Å². The number of ether oxygens (including phenoxy) is 1. The zero-order chi connectivity index (χ0) is 12.1. The van der Waals surface area contributed by atoms with Gasteiger partial charge in [0.2, 0.25) is 5.91 Å². The Kier molecular flexibility index (Phi) is 4.73. The van der Waals surface area contributed by atoms with Crippen LogP contribution in [0.2, 0.25) is 0 Å². The summed E-state index contributed by atoms with van der Waals surface area (Å²) in [7, 11) is 1.31. The molecule has 0 aromatic carbocycles. The van der Waals surface area contributed by atoms with Gasteiger partial charge in [0.25, 0.3) is 0 Å². The van der Waals surface area contributed by atoms with Gasteiger partial charge in [-0.25, -0.2) is 4.79 Å². The van der Waals surface area contributed by atoms with Gasteiger partial charge in [-0.1, -0.05) is 0 Å². The molecule has 0 spiro atoms. The van der Waals surface area contributed by atoms with Crippen LogP contribution in [0, 0.1) is 5.92 Å². The fourth-order valence-electron chi connectivity index (χ4n) is 1.95. The first kappa shape index (κ1) is 13.0. The third-order valence-electron chi connectivity index (χ3n) is 3.06. The molecule has 1 amide bonds. The van der Waals surface area contributed by atoms with Crippen LogP contribution in [0.1, 0.15) is 32.6 Å². The fourth-order valence-corrected chi connectivity index (χ4v) is 1.95. The number of nitrogens with one attached hydrogen (secondary N) is 1. The highest BCUT2D eigenvalue weighted by atomic mass is 16.5. The zero-order valence-corrected chi connectivity index (χ0v) is 9.86. The van der Waals surface area contributed by atoms with E-state index in [1.54, 1.807) is 6.92 Å². The number of rotatable bonds is 3. The van der Waals surface area contributed by atoms with Crippen LogP contribution in [0.5, 0.6) is 0 Å². The minimum absolute atomic E-state index is 0.00749. The summed E-state index contributed by atoms with van der Waals surface area (Å²) >= 11 is 0. The van der Waals surface area contributed by atoms with Gasteiger partial charge in [-0.3, -0.25) is 4.79 Å². The Bertz CT molecular complexity index is 260.